The van der Waals surface area contributed by atoms with E-state index in [0.717, 1.165) is 12.0 Å². The molecule has 0 saturated carbocycles. The van der Waals surface area contributed by atoms with Gasteiger partial charge in [0.25, 0.3) is 11.6 Å². The molecule has 2 unspecified atom stereocenters. The number of hydrogen-bond donors (Lipinski definition) is 1. The molecule has 3 aromatic carbocycles. The summed E-state index contributed by atoms with van der Waals surface area (Å²) >= 11 is 0. The Morgan fingerprint density at radius 1 is 0.816 bits per heavy atom. The first-order valence-corrected chi connectivity index (χ1v) is 18.0. The summed E-state index contributed by atoms with van der Waals surface area (Å²) in [6.07, 6.45) is -1.53. The maximum absolute atomic E-state index is 14.3. The first-order valence-electron chi connectivity index (χ1n) is 15.9. The van der Waals surface area contributed by atoms with Crippen molar-refractivity contribution in [3.8, 4) is 0 Å². The lowest BCUT2D eigenvalue weighted by Gasteiger charge is -2.56. The molecule has 260 valence electrons. The highest BCUT2D eigenvalue weighted by molar-refractivity contribution is 7.65. The van der Waals surface area contributed by atoms with Crippen molar-refractivity contribution in [1.82, 2.24) is 10.2 Å². The van der Waals surface area contributed by atoms with Crippen LogP contribution >= 0.6 is 7.14 Å². The summed E-state index contributed by atoms with van der Waals surface area (Å²) in [5, 5.41) is 2.52. The fourth-order valence-corrected chi connectivity index (χ4v) is 7.81. The lowest BCUT2D eigenvalue weighted by atomic mass is 9.94. The van der Waals surface area contributed by atoms with Gasteiger partial charge in [-0.15, -0.1) is 0 Å². The molecule has 4 atom stereocenters. The number of β-lactam (4-membered cyclic amide) rings is 1. The maximum Gasteiger partial charge on any atom is 0.337 e. The van der Waals surface area contributed by atoms with Gasteiger partial charge in [0.05, 0.1) is 0 Å². The quantitative estimate of drug-likeness (QED) is 0.0715. The molecule has 4 rings (SSSR count). The van der Waals surface area contributed by atoms with Crippen molar-refractivity contribution in [2.75, 3.05) is 26.0 Å². The van der Waals surface area contributed by atoms with Crippen LogP contribution in [0.3, 0.4) is 0 Å². The minimum absolute atomic E-state index is 0.0352. The number of ketones is 1. The van der Waals surface area contributed by atoms with Crippen LogP contribution in [0.1, 0.15) is 43.4 Å². The molecule has 1 N–H and O–H groups in total. The molecule has 13 heteroatoms. The summed E-state index contributed by atoms with van der Waals surface area (Å²) in [5.41, 5.74) is -0.663. The Balaban J connectivity index is 1.68. The summed E-state index contributed by atoms with van der Waals surface area (Å²) in [7, 11) is -2.38. The molecule has 0 aromatic heterocycles. The van der Waals surface area contributed by atoms with Crippen molar-refractivity contribution in [1.29, 1.82) is 0 Å². The van der Waals surface area contributed by atoms with Crippen LogP contribution in [-0.4, -0.2) is 78.2 Å². The Kier molecular flexibility index (Phi) is 12.6. The van der Waals surface area contributed by atoms with Crippen molar-refractivity contribution in [2.45, 2.75) is 57.6 Å². The Labute approximate surface area is 285 Å². The molecule has 12 nitrogen and oxygen atoms in total. The van der Waals surface area contributed by atoms with Crippen LogP contribution in [0.15, 0.2) is 91.0 Å². The second kappa shape index (κ2) is 16.6. The first-order chi connectivity index (χ1) is 23.5. The zero-order valence-corrected chi connectivity index (χ0v) is 28.8. The topological polar surface area (TPSA) is 155 Å². The number of benzene rings is 3. The lowest BCUT2D eigenvalue weighted by molar-refractivity contribution is -0.263. The Hall–Kier alpha value is -4.64. The lowest BCUT2D eigenvalue weighted by Crippen LogP contribution is -2.84. The second-order valence-corrected chi connectivity index (χ2v) is 15.2. The number of nitrogens with one attached hydrogen (secondary N) is 1. The highest BCUT2D eigenvalue weighted by Crippen LogP contribution is 2.55. The van der Waals surface area contributed by atoms with Gasteiger partial charge in [0.2, 0.25) is 5.91 Å². The summed E-state index contributed by atoms with van der Waals surface area (Å²) in [6.45, 7) is 3.72. The van der Waals surface area contributed by atoms with Crippen LogP contribution in [0.25, 0.3) is 0 Å². The number of likely N-dealkylation sites (tertiary alicyclic amines) is 1. The Morgan fingerprint density at radius 3 is 1.78 bits per heavy atom. The van der Waals surface area contributed by atoms with Gasteiger partial charge in [0.15, 0.2) is 23.7 Å². The average Bonchev–Trinajstić information content (AvgIpc) is 3.12. The van der Waals surface area contributed by atoms with Gasteiger partial charge >= 0.3 is 11.9 Å². The molecular formula is C36H41N2O10P. The van der Waals surface area contributed by atoms with Gasteiger partial charge in [-0.25, -0.2) is 4.79 Å². The molecule has 1 heterocycles. The third kappa shape index (κ3) is 8.33. The van der Waals surface area contributed by atoms with Crippen LogP contribution in [-0.2, 0) is 60.7 Å². The van der Waals surface area contributed by atoms with E-state index in [2.05, 4.69) is 5.32 Å². The van der Waals surface area contributed by atoms with Gasteiger partial charge in [-0.2, -0.15) is 0 Å². The highest BCUT2D eigenvalue weighted by atomic mass is 31.2. The van der Waals surface area contributed by atoms with E-state index >= 15 is 0 Å². The molecule has 2 amide bonds. The van der Waals surface area contributed by atoms with E-state index < -0.39 is 66.9 Å². The van der Waals surface area contributed by atoms with Crippen LogP contribution in [0.5, 0.6) is 0 Å². The minimum atomic E-state index is -3.51. The predicted molar refractivity (Wildman–Crippen MR) is 179 cm³/mol. The summed E-state index contributed by atoms with van der Waals surface area (Å²) in [4.78, 5) is 68.5. The smallest absolute Gasteiger partial charge is 0.337 e. The molecule has 3 aromatic rings. The van der Waals surface area contributed by atoms with Crippen LogP contribution in [0, 0.1) is 0 Å². The summed E-state index contributed by atoms with van der Waals surface area (Å²) < 4.78 is 36.8. The summed E-state index contributed by atoms with van der Waals surface area (Å²) in [5.74, 6) is -7.36. The average molecular weight is 693 g/mol. The zero-order valence-electron chi connectivity index (χ0n) is 27.9. The van der Waals surface area contributed by atoms with Gasteiger partial charge in [-0.1, -0.05) is 105 Å². The highest BCUT2D eigenvalue weighted by Gasteiger charge is 2.69. The fourth-order valence-electron chi connectivity index (χ4n) is 5.53. The van der Waals surface area contributed by atoms with E-state index in [9.17, 15) is 28.5 Å². The van der Waals surface area contributed by atoms with E-state index in [1.165, 1.54) is 6.92 Å². The van der Waals surface area contributed by atoms with Crippen LogP contribution < -0.4 is 5.32 Å². The number of methoxy groups -OCH3 is 1. The molecule has 0 radical (unpaired) electrons. The number of carbonyl (C=O) groups is 5. The summed E-state index contributed by atoms with van der Waals surface area (Å²) in [6, 6.07) is 25.8. The van der Waals surface area contributed by atoms with E-state index in [1.54, 1.807) is 98.8 Å². The van der Waals surface area contributed by atoms with Gasteiger partial charge in [0, 0.05) is 19.4 Å². The van der Waals surface area contributed by atoms with E-state index in [4.69, 9.17) is 18.9 Å². The van der Waals surface area contributed by atoms with E-state index in [0.29, 0.717) is 11.1 Å². The Morgan fingerprint density at radius 2 is 1.31 bits per heavy atom. The molecule has 0 bridgehead atoms. The van der Waals surface area contributed by atoms with Crippen molar-refractivity contribution >= 4 is 36.7 Å². The van der Waals surface area contributed by atoms with Crippen molar-refractivity contribution in [2.24, 2.45) is 0 Å². The molecule has 0 aliphatic carbocycles. The molecule has 1 saturated heterocycles. The van der Waals surface area contributed by atoms with Gasteiger partial charge < -0.3 is 28.8 Å². The van der Waals surface area contributed by atoms with E-state index in [1.807, 2.05) is 6.07 Å². The number of ether oxygens (including phenoxy) is 4. The van der Waals surface area contributed by atoms with Crippen molar-refractivity contribution < 1.29 is 47.5 Å². The number of esters is 2. The number of hydrogen-bond acceptors (Lipinski definition) is 10. The van der Waals surface area contributed by atoms with Gasteiger partial charge in [-0.05, 0) is 23.6 Å². The third-order valence-electron chi connectivity index (χ3n) is 8.30. The molecule has 1 aliphatic heterocycles. The second-order valence-electron chi connectivity index (χ2n) is 11.5. The Bertz CT molecular complexity index is 1660. The number of nitrogens with zero attached hydrogens (tertiary/aromatic N) is 1. The molecule has 1 aliphatic rings. The number of Topliss-reactive ketones (excluding diaryl/α,β-unsaturated/α-hetero) is 1. The van der Waals surface area contributed by atoms with Crippen LogP contribution in [0.4, 0.5) is 0 Å². The third-order valence-corrected chi connectivity index (χ3v) is 11.8. The fraction of sp³-hybridized carbons (Fsp3) is 0.361. The largest absolute Gasteiger partial charge is 0.460 e. The predicted octanol–water partition coefficient (Wildman–Crippen LogP) is 4.22. The van der Waals surface area contributed by atoms with Crippen LogP contribution in [0.2, 0.25) is 0 Å². The molecule has 0 spiro atoms. The number of amides is 2. The van der Waals surface area contributed by atoms with Crippen molar-refractivity contribution in [3.05, 3.63) is 108 Å². The standard InChI is InChI=1S/C36H41N2O10P/c1-5-49(44,6-2)31(33(42)47-24-27-18-12-8-13-19-27)38-34(43)36(45-4,35(38)48-22-25(3)39)37-30(40)29(28-20-14-9-15-21-28)32(41)46-23-26-16-10-7-11-17-26/h7-21,29,31,35H,5-6,22-24H2,1-4H3,(H,37,40)/t29?,31?,35-,36+/m0/s1. The molecular weight excluding hydrogens is 651 g/mol. The van der Waals surface area contributed by atoms with Gasteiger partial charge in [-0.3, -0.25) is 24.1 Å². The number of carbonyl (C=O) groups excluding carboxylic acids is 5. The number of rotatable bonds is 17. The normalized spacial score (nSPS) is 18.5. The molecule has 1 fully saturated rings. The monoisotopic (exact) mass is 692 g/mol. The van der Waals surface area contributed by atoms with Crippen molar-refractivity contribution in [3.63, 3.8) is 0 Å². The minimum Gasteiger partial charge on any atom is -0.460 e. The van der Waals surface area contributed by atoms with Gasteiger partial charge in [0.1, 0.15) is 27.0 Å². The van der Waals surface area contributed by atoms with E-state index in [-0.39, 0.29) is 31.1 Å². The SMILES string of the molecule is CCP(=O)(CC)C(C(=O)OCc1ccccc1)N1C(=O)[C@@](NC(=O)C(C(=O)OCc2ccccc2)c2ccccc2)(OC)[C@@H]1OCC(C)=O. The first kappa shape index (κ1) is 37.2. The zero-order chi connectivity index (χ0) is 35.6. The molecule has 49 heavy (non-hydrogen) atoms. The maximum atomic E-state index is 14.3.